The van der Waals surface area contributed by atoms with Gasteiger partial charge >= 0.3 is 0 Å². The van der Waals surface area contributed by atoms with Crippen molar-refractivity contribution in [2.24, 2.45) is 17.8 Å². The van der Waals surface area contributed by atoms with Gasteiger partial charge < -0.3 is 9.42 Å². The number of fused-ring (bicyclic) bond motifs is 2. The number of aromatic nitrogens is 2. The summed E-state index contributed by atoms with van der Waals surface area (Å²) in [6.07, 6.45) is 9.55. The molecule has 3 aliphatic carbocycles. The Morgan fingerprint density at radius 1 is 1.04 bits per heavy atom. The van der Waals surface area contributed by atoms with Gasteiger partial charge in [0, 0.05) is 19.0 Å². The van der Waals surface area contributed by atoms with Crippen molar-refractivity contribution in [1.29, 1.82) is 0 Å². The quantitative estimate of drug-likeness (QED) is 0.860. The first-order valence-corrected chi connectivity index (χ1v) is 9.43. The SMILES string of the molecule is O=C([C@H]1[C@H]2CC[C@H](C2)[C@@H]1c1nc(C2CC2)no1)N1CCCCC1. The molecule has 2 heterocycles. The van der Waals surface area contributed by atoms with Gasteiger partial charge in [0.1, 0.15) is 0 Å². The van der Waals surface area contributed by atoms with Gasteiger partial charge in [-0.2, -0.15) is 4.98 Å². The lowest BCUT2D eigenvalue weighted by atomic mass is 9.78. The second-order valence-electron chi connectivity index (χ2n) is 8.04. The van der Waals surface area contributed by atoms with Crippen LogP contribution in [0.1, 0.15) is 74.9 Å². The van der Waals surface area contributed by atoms with Gasteiger partial charge in [0.05, 0.1) is 11.8 Å². The topological polar surface area (TPSA) is 59.2 Å². The monoisotopic (exact) mass is 315 g/mol. The minimum Gasteiger partial charge on any atom is -0.342 e. The molecule has 0 unspecified atom stereocenters. The van der Waals surface area contributed by atoms with Crippen LogP contribution in [0, 0.1) is 17.8 Å². The summed E-state index contributed by atoms with van der Waals surface area (Å²) in [5, 5.41) is 4.20. The molecule has 4 fully saturated rings. The number of carbonyl (C=O) groups is 1. The summed E-state index contributed by atoms with van der Waals surface area (Å²) in [5.41, 5.74) is 0. The molecule has 5 nitrogen and oxygen atoms in total. The Morgan fingerprint density at radius 2 is 1.83 bits per heavy atom. The van der Waals surface area contributed by atoms with Crippen molar-refractivity contribution in [3.63, 3.8) is 0 Å². The van der Waals surface area contributed by atoms with E-state index in [9.17, 15) is 4.79 Å². The molecule has 1 aromatic heterocycles. The molecule has 0 N–H and O–H groups in total. The number of piperidine rings is 1. The molecule has 1 aromatic rings. The third kappa shape index (κ3) is 2.31. The van der Waals surface area contributed by atoms with E-state index in [1.54, 1.807) is 0 Å². The van der Waals surface area contributed by atoms with Crippen molar-refractivity contribution in [3.8, 4) is 0 Å². The molecule has 124 valence electrons. The molecule has 0 spiro atoms. The van der Waals surface area contributed by atoms with Crippen molar-refractivity contribution in [3.05, 3.63) is 11.7 Å². The molecule has 3 saturated carbocycles. The largest absolute Gasteiger partial charge is 0.342 e. The van der Waals surface area contributed by atoms with E-state index in [1.165, 1.54) is 38.5 Å². The minimum atomic E-state index is 0.0966. The fourth-order valence-corrected chi connectivity index (χ4v) is 5.22. The van der Waals surface area contributed by atoms with Crippen molar-refractivity contribution < 1.29 is 9.32 Å². The molecule has 1 aliphatic heterocycles. The van der Waals surface area contributed by atoms with E-state index in [0.29, 0.717) is 23.7 Å². The van der Waals surface area contributed by atoms with Gasteiger partial charge in [-0.25, -0.2) is 0 Å². The predicted octanol–water partition coefficient (Wildman–Crippen LogP) is 3.09. The second kappa shape index (κ2) is 5.32. The smallest absolute Gasteiger partial charge is 0.230 e. The first-order chi connectivity index (χ1) is 11.3. The van der Waals surface area contributed by atoms with Crippen LogP contribution in [0.4, 0.5) is 0 Å². The molecule has 5 rings (SSSR count). The fourth-order valence-electron chi connectivity index (χ4n) is 5.22. The minimum absolute atomic E-state index is 0.0966. The van der Waals surface area contributed by atoms with E-state index in [-0.39, 0.29) is 11.8 Å². The van der Waals surface area contributed by atoms with Crippen LogP contribution in [0.5, 0.6) is 0 Å². The molecule has 2 bridgehead atoms. The van der Waals surface area contributed by atoms with Gasteiger partial charge in [0.15, 0.2) is 5.82 Å². The van der Waals surface area contributed by atoms with Gasteiger partial charge in [-0.15, -0.1) is 0 Å². The van der Waals surface area contributed by atoms with Crippen molar-refractivity contribution in [2.75, 3.05) is 13.1 Å². The highest BCUT2D eigenvalue weighted by atomic mass is 16.5. The van der Waals surface area contributed by atoms with Crippen molar-refractivity contribution in [1.82, 2.24) is 15.0 Å². The van der Waals surface area contributed by atoms with Crippen LogP contribution in [0.15, 0.2) is 4.52 Å². The second-order valence-corrected chi connectivity index (χ2v) is 8.04. The van der Waals surface area contributed by atoms with Crippen LogP contribution < -0.4 is 0 Å². The Bertz CT molecular complexity index is 603. The number of nitrogens with zero attached hydrogens (tertiary/aromatic N) is 3. The van der Waals surface area contributed by atoms with Crippen LogP contribution in [0.3, 0.4) is 0 Å². The summed E-state index contributed by atoms with van der Waals surface area (Å²) in [6.45, 7) is 1.88. The van der Waals surface area contributed by atoms with E-state index in [4.69, 9.17) is 9.51 Å². The first kappa shape index (κ1) is 14.0. The summed E-state index contributed by atoms with van der Waals surface area (Å²) in [4.78, 5) is 20.0. The van der Waals surface area contributed by atoms with Crippen LogP contribution in [-0.4, -0.2) is 34.0 Å². The van der Waals surface area contributed by atoms with Crippen LogP contribution >= 0.6 is 0 Å². The normalized spacial score (nSPS) is 36.6. The zero-order valence-electron chi connectivity index (χ0n) is 13.6. The van der Waals surface area contributed by atoms with E-state index in [0.717, 1.165) is 37.6 Å². The maximum Gasteiger partial charge on any atom is 0.230 e. The highest BCUT2D eigenvalue weighted by molar-refractivity contribution is 5.81. The number of carbonyl (C=O) groups excluding carboxylic acids is 1. The van der Waals surface area contributed by atoms with Gasteiger partial charge in [-0.1, -0.05) is 5.16 Å². The van der Waals surface area contributed by atoms with E-state index in [2.05, 4.69) is 10.1 Å². The van der Waals surface area contributed by atoms with Crippen LogP contribution in [0.25, 0.3) is 0 Å². The Hall–Kier alpha value is -1.39. The number of likely N-dealkylation sites (tertiary alicyclic amines) is 1. The summed E-state index contributed by atoms with van der Waals surface area (Å²) < 4.78 is 5.64. The lowest BCUT2D eigenvalue weighted by Gasteiger charge is -2.34. The Kier molecular flexibility index (Phi) is 3.24. The number of amides is 1. The van der Waals surface area contributed by atoms with Gasteiger partial charge in [-0.3, -0.25) is 4.79 Å². The average Bonchev–Trinajstić information content (AvgIpc) is 3.02. The third-order valence-corrected chi connectivity index (χ3v) is 6.55. The van der Waals surface area contributed by atoms with Gasteiger partial charge in [0.25, 0.3) is 0 Å². The zero-order valence-corrected chi connectivity index (χ0v) is 13.6. The van der Waals surface area contributed by atoms with Crippen LogP contribution in [0.2, 0.25) is 0 Å². The van der Waals surface area contributed by atoms with Crippen molar-refractivity contribution >= 4 is 5.91 Å². The maximum atomic E-state index is 13.2. The molecule has 5 heteroatoms. The van der Waals surface area contributed by atoms with Crippen LogP contribution in [-0.2, 0) is 4.79 Å². The standard InChI is InChI=1S/C18H25N3O2/c22-18(21-8-2-1-3-9-21)15-13-7-6-12(10-13)14(15)17-19-16(20-23-17)11-4-5-11/h11-15H,1-10H2/t12-,13+,14+,15+/m1/s1. The summed E-state index contributed by atoms with van der Waals surface area (Å²) in [5.74, 6) is 3.92. The van der Waals surface area contributed by atoms with E-state index >= 15 is 0 Å². The predicted molar refractivity (Wildman–Crippen MR) is 83.8 cm³/mol. The van der Waals surface area contributed by atoms with E-state index < -0.39 is 0 Å². The number of rotatable bonds is 3. The Balaban J connectivity index is 1.42. The lowest BCUT2D eigenvalue weighted by Crippen LogP contribution is -2.43. The Labute approximate surface area is 136 Å². The number of hydrogen-bond donors (Lipinski definition) is 0. The summed E-state index contributed by atoms with van der Waals surface area (Å²) in [7, 11) is 0. The summed E-state index contributed by atoms with van der Waals surface area (Å²) >= 11 is 0. The molecule has 4 aliphatic rings. The average molecular weight is 315 g/mol. The highest BCUT2D eigenvalue weighted by Gasteiger charge is 2.54. The maximum absolute atomic E-state index is 13.2. The molecule has 4 atom stereocenters. The first-order valence-electron chi connectivity index (χ1n) is 9.43. The summed E-state index contributed by atoms with van der Waals surface area (Å²) in [6, 6.07) is 0. The van der Waals surface area contributed by atoms with E-state index in [1.807, 2.05) is 0 Å². The third-order valence-electron chi connectivity index (χ3n) is 6.55. The molecule has 0 aromatic carbocycles. The molecular formula is C18H25N3O2. The van der Waals surface area contributed by atoms with Crippen molar-refractivity contribution in [2.45, 2.75) is 63.2 Å². The highest BCUT2D eigenvalue weighted by Crippen LogP contribution is 2.57. The molecule has 1 amide bonds. The number of hydrogen-bond acceptors (Lipinski definition) is 4. The molecule has 1 saturated heterocycles. The van der Waals surface area contributed by atoms with Gasteiger partial charge in [-0.05, 0) is 63.2 Å². The molecular weight excluding hydrogens is 290 g/mol. The molecule has 23 heavy (non-hydrogen) atoms. The fraction of sp³-hybridized carbons (Fsp3) is 0.833. The Morgan fingerprint density at radius 3 is 2.61 bits per heavy atom. The lowest BCUT2D eigenvalue weighted by molar-refractivity contribution is -0.139. The van der Waals surface area contributed by atoms with Gasteiger partial charge in [0.2, 0.25) is 11.8 Å². The molecule has 0 radical (unpaired) electrons. The zero-order chi connectivity index (χ0) is 15.4.